The Morgan fingerprint density at radius 1 is 1.00 bits per heavy atom. The second-order valence-electron chi connectivity index (χ2n) is 4.06. The highest BCUT2D eigenvalue weighted by molar-refractivity contribution is 5.95. The van der Waals surface area contributed by atoms with E-state index in [0.29, 0.717) is 11.4 Å². The van der Waals surface area contributed by atoms with Gasteiger partial charge in [0.05, 0.1) is 11.8 Å². The molecule has 0 unspecified atom stereocenters. The summed E-state index contributed by atoms with van der Waals surface area (Å²) in [5, 5.41) is 22.2. The molecule has 0 saturated carbocycles. The lowest BCUT2D eigenvalue weighted by Crippen LogP contribution is -1.98. The molecule has 90 valence electrons. The summed E-state index contributed by atoms with van der Waals surface area (Å²) in [6.45, 7) is 0. The molecule has 19 heavy (non-hydrogen) atoms. The van der Waals surface area contributed by atoms with Gasteiger partial charge in [-0.3, -0.25) is 0 Å². The van der Waals surface area contributed by atoms with Gasteiger partial charge in [-0.2, -0.15) is 10.4 Å². The standard InChI is InChI=1S/C15H10N4/c16-10-12-8-9-17-19-15(12)18-14-7-3-5-11-4-1-2-6-13(11)14/h1-9H,(H,18,19). The van der Waals surface area contributed by atoms with Gasteiger partial charge >= 0.3 is 0 Å². The number of nitrogens with zero attached hydrogens (tertiary/aromatic N) is 3. The van der Waals surface area contributed by atoms with E-state index in [0.717, 1.165) is 16.5 Å². The average molecular weight is 246 g/mol. The molecular formula is C15H10N4. The minimum atomic E-state index is 0.473. The number of hydrogen-bond acceptors (Lipinski definition) is 4. The normalized spacial score (nSPS) is 10.1. The molecule has 3 aromatic rings. The van der Waals surface area contributed by atoms with E-state index in [1.807, 2.05) is 42.5 Å². The fourth-order valence-corrected chi connectivity index (χ4v) is 1.98. The molecule has 0 spiro atoms. The van der Waals surface area contributed by atoms with Crippen LogP contribution < -0.4 is 5.32 Å². The van der Waals surface area contributed by atoms with Crippen molar-refractivity contribution in [3.63, 3.8) is 0 Å². The van der Waals surface area contributed by atoms with Crippen molar-refractivity contribution in [3.8, 4) is 6.07 Å². The number of nitrogens with one attached hydrogen (secondary N) is 1. The van der Waals surface area contributed by atoms with Crippen LogP contribution in [0.15, 0.2) is 54.7 Å². The van der Waals surface area contributed by atoms with Crippen LogP contribution in [0.5, 0.6) is 0 Å². The molecule has 4 nitrogen and oxygen atoms in total. The first-order chi connectivity index (χ1) is 9.38. The van der Waals surface area contributed by atoms with Crippen molar-refractivity contribution in [2.75, 3.05) is 5.32 Å². The van der Waals surface area contributed by atoms with Gasteiger partial charge in [0.1, 0.15) is 6.07 Å². The number of benzene rings is 2. The lowest BCUT2D eigenvalue weighted by Gasteiger charge is -2.09. The monoisotopic (exact) mass is 246 g/mol. The van der Waals surface area contributed by atoms with E-state index in [-0.39, 0.29) is 0 Å². The van der Waals surface area contributed by atoms with E-state index in [9.17, 15) is 0 Å². The Labute approximate surface area is 110 Å². The van der Waals surface area contributed by atoms with E-state index < -0.39 is 0 Å². The molecular weight excluding hydrogens is 236 g/mol. The van der Waals surface area contributed by atoms with Crippen LogP contribution in [0.4, 0.5) is 11.5 Å². The summed E-state index contributed by atoms with van der Waals surface area (Å²) >= 11 is 0. The molecule has 0 radical (unpaired) electrons. The van der Waals surface area contributed by atoms with Crippen LogP contribution >= 0.6 is 0 Å². The zero-order valence-electron chi connectivity index (χ0n) is 10.0. The minimum absolute atomic E-state index is 0.473. The predicted molar refractivity (Wildman–Crippen MR) is 74.0 cm³/mol. The Kier molecular flexibility index (Phi) is 2.79. The lowest BCUT2D eigenvalue weighted by molar-refractivity contribution is 1.03. The van der Waals surface area contributed by atoms with Gasteiger partial charge in [-0.1, -0.05) is 36.4 Å². The van der Waals surface area contributed by atoms with Gasteiger partial charge in [-0.05, 0) is 17.5 Å². The first-order valence-corrected chi connectivity index (χ1v) is 5.85. The third kappa shape index (κ3) is 2.09. The van der Waals surface area contributed by atoms with Crippen LogP contribution in [0, 0.1) is 11.3 Å². The maximum atomic E-state index is 9.05. The second kappa shape index (κ2) is 4.75. The summed E-state index contributed by atoms with van der Waals surface area (Å²) in [4.78, 5) is 0. The highest BCUT2D eigenvalue weighted by Gasteiger charge is 2.06. The van der Waals surface area contributed by atoms with Gasteiger partial charge in [0, 0.05) is 11.1 Å². The molecule has 0 atom stereocenters. The molecule has 3 rings (SSSR count). The SMILES string of the molecule is N#Cc1ccnnc1Nc1cccc2ccccc12. The fourth-order valence-electron chi connectivity index (χ4n) is 1.98. The van der Waals surface area contributed by atoms with E-state index in [2.05, 4.69) is 21.6 Å². The second-order valence-corrected chi connectivity index (χ2v) is 4.06. The molecule has 0 aliphatic heterocycles. The lowest BCUT2D eigenvalue weighted by atomic mass is 10.1. The number of nitriles is 1. The largest absolute Gasteiger partial charge is 0.337 e. The smallest absolute Gasteiger partial charge is 0.171 e. The third-order valence-corrected chi connectivity index (χ3v) is 2.88. The summed E-state index contributed by atoms with van der Waals surface area (Å²) in [6, 6.07) is 17.8. The maximum absolute atomic E-state index is 9.05. The van der Waals surface area contributed by atoms with E-state index in [4.69, 9.17) is 5.26 Å². The number of fused-ring (bicyclic) bond motifs is 1. The summed E-state index contributed by atoms with van der Waals surface area (Å²) < 4.78 is 0. The Morgan fingerprint density at radius 3 is 2.74 bits per heavy atom. The number of anilines is 2. The zero-order valence-corrected chi connectivity index (χ0v) is 10.0. The van der Waals surface area contributed by atoms with Crippen molar-refractivity contribution in [3.05, 3.63) is 60.3 Å². The van der Waals surface area contributed by atoms with Gasteiger partial charge in [-0.25, -0.2) is 0 Å². The summed E-state index contributed by atoms with van der Waals surface area (Å²) in [5.41, 5.74) is 1.39. The van der Waals surface area contributed by atoms with Crippen LogP contribution in [0.2, 0.25) is 0 Å². The summed E-state index contributed by atoms with van der Waals surface area (Å²) in [6.07, 6.45) is 1.51. The molecule has 4 heteroatoms. The van der Waals surface area contributed by atoms with Gasteiger partial charge in [0.25, 0.3) is 0 Å². The van der Waals surface area contributed by atoms with Crippen molar-refractivity contribution in [2.24, 2.45) is 0 Å². The number of hydrogen-bond donors (Lipinski definition) is 1. The highest BCUT2D eigenvalue weighted by Crippen LogP contribution is 2.26. The number of rotatable bonds is 2. The van der Waals surface area contributed by atoms with Crippen molar-refractivity contribution in [1.29, 1.82) is 5.26 Å². The topological polar surface area (TPSA) is 61.6 Å². The molecule has 0 amide bonds. The first kappa shape index (κ1) is 11.2. The number of aromatic nitrogens is 2. The zero-order chi connectivity index (χ0) is 13.1. The molecule has 1 aromatic heterocycles. The maximum Gasteiger partial charge on any atom is 0.171 e. The summed E-state index contributed by atoms with van der Waals surface area (Å²) in [5.74, 6) is 0.473. The molecule has 0 fully saturated rings. The third-order valence-electron chi connectivity index (χ3n) is 2.88. The Balaban J connectivity index is 2.09. The fraction of sp³-hybridized carbons (Fsp3) is 0. The van der Waals surface area contributed by atoms with Crippen LogP contribution in [0.3, 0.4) is 0 Å². The van der Waals surface area contributed by atoms with Crippen molar-refractivity contribution >= 4 is 22.3 Å². The van der Waals surface area contributed by atoms with Crippen LogP contribution in [-0.2, 0) is 0 Å². The predicted octanol–water partition coefficient (Wildman–Crippen LogP) is 3.25. The van der Waals surface area contributed by atoms with Gasteiger partial charge in [0.15, 0.2) is 5.82 Å². The van der Waals surface area contributed by atoms with Crippen molar-refractivity contribution in [2.45, 2.75) is 0 Å². The molecule has 2 aromatic carbocycles. The van der Waals surface area contributed by atoms with Crippen molar-refractivity contribution < 1.29 is 0 Å². The molecule has 1 heterocycles. The Hall–Kier alpha value is -2.93. The first-order valence-electron chi connectivity index (χ1n) is 5.85. The molecule has 1 N–H and O–H groups in total. The van der Waals surface area contributed by atoms with Gasteiger partial charge in [-0.15, -0.1) is 5.10 Å². The minimum Gasteiger partial charge on any atom is -0.337 e. The Morgan fingerprint density at radius 2 is 1.84 bits per heavy atom. The molecule has 0 aliphatic rings. The molecule has 0 aliphatic carbocycles. The molecule has 0 saturated heterocycles. The van der Waals surface area contributed by atoms with E-state index in [1.54, 1.807) is 6.07 Å². The van der Waals surface area contributed by atoms with Gasteiger partial charge in [0.2, 0.25) is 0 Å². The van der Waals surface area contributed by atoms with E-state index >= 15 is 0 Å². The van der Waals surface area contributed by atoms with E-state index in [1.165, 1.54) is 6.20 Å². The van der Waals surface area contributed by atoms with Crippen LogP contribution in [0.25, 0.3) is 10.8 Å². The van der Waals surface area contributed by atoms with Crippen LogP contribution in [-0.4, -0.2) is 10.2 Å². The summed E-state index contributed by atoms with van der Waals surface area (Å²) in [7, 11) is 0. The molecule has 0 bridgehead atoms. The quantitative estimate of drug-likeness (QED) is 0.754. The van der Waals surface area contributed by atoms with Gasteiger partial charge < -0.3 is 5.32 Å². The van der Waals surface area contributed by atoms with Crippen LogP contribution in [0.1, 0.15) is 5.56 Å². The highest BCUT2D eigenvalue weighted by atomic mass is 15.2. The van der Waals surface area contributed by atoms with Crippen molar-refractivity contribution in [1.82, 2.24) is 10.2 Å². The Bertz CT molecular complexity index is 769. The average Bonchev–Trinajstić information content (AvgIpc) is 2.48.